The molecule has 3 heterocycles. The summed E-state index contributed by atoms with van der Waals surface area (Å²) in [4.78, 5) is 37.3. The van der Waals surface area contributed by atoms with Gasteiger partial charge in [0.05, 0.1) is 25.7 Å². The topological polar surface area (TPSA) is 88.8 Å². The van der Waals surface area contributed by atoms with Crippen molar-refractivity contribution in [3.63, 3.8) is 0 Å². The molecule has 1 aliphatic heterocycles. The molecule has 3 aromatic rings. The average molecular weight is 508 g/mol. The summed E-state index contributed by atoms with van der Waals surface area (Å²) in [6, 6.07) is 7.82. The zero-order valence-corrected chi connectivity index (χ0v) is 22.1. The minimum absolute atomic E-state index is 0.0433. The molecular formula is C27H33N5O3S. The van der Waals surface area contributed by atoms with Gasteiger partial charge in [0.15, 0.2) is 0 Å². The van der Waals surface area contributed by atoms with E-state index in [0.717, 1.165) is 38.9 Å². The van der Waals surface area contributed by atoms with Crippen molar-refractivity contribution in [1.29, 1.82) is 0 Å². The quantitative estimate of drug-likeness (QED) is 0.434. The molecule has 36 heavy (non-hydrogen) atoms. The molecular weight excluding hydrogens is 474 g/mol. The van der Waals surface area contributed by atoms with Gasteiger partial charge in [-0.1, -0.05) is 19.1 Å². The predicted octanol–water partition coefficient (Wildman–Crippen LogP) is 4.42. The summed E-state index contributed by atoms with van der Waals surface area (Å²) in [5, 5.41) is 3.92. The van der Waals surface area contributed by atoms with Gasteiger partial charge < -0.3 is 19.5 Å². The Hall–Kier alpha value is -3.46. The lowest BCUT2D eigenvalue weighted by Crippen LogP contribution is -2.35. The van der Waals surface area contributed by atoms with Crippen molar-refractivity contribution in [2.45, 2.75) is 52.1 Å². The van der Waals surface area contributed by atoms with Crippen molar-refractivity contribution in [3.05, 3.63) is 64.1 Å². The van der Waals surface area contributed by atoms with Crippen LogP contribution in [0.25, 0.3) is 0 Å². The molecule has 0 fully saturated rings. The Morgan fingerprint density at radius 1 is 1.36 bits per heavy atom. The molecule has 4 rings (SSSR count). The molecule has 2 aromatic heterocycles. The largest absolute Gasteiger partial charge is 0.497 e. The van der Waals surface area contributed by atoms with Gasteiger partial charge in [-0.15, -0.1) is 11.3 Å². The number of aliphatic imine (C=N–C) groups is 1. The van der Waals surface area contributed by atoms with Crippen LogP contribution < -0.4 is 10.1 Å². The molecule has 1 atom stereocenters. The van der Waals surface area contributed by atoms with Crippen molar-refractivity contribution in [3.8, 4) is 5.75 Å². The van der Waals surface area contributed by atoms with E-state index in [1.165, 1.54) is 5.56 Å². The molecule has 2 amide bonds. The first kappa shape index (κ1) is 25.6. The Morgan fingerprint density at radius 3 is 2.92 bits per heavy atom. The first-order chi connectivity index (χ1) is 17.4. The molecule has 1 N–H and O–H groups in total. The van der Waals surface area contributed by atoms with E-state index in [2.05, 4.69) is 15.3 Å². The Morgan fingerprint density at radius 2 is 2.19 bits per heavy atom. The number of rotatable bonds is 9. The summed E-state index contributed by atoms with van der Waals surface area (Å²) in [6.45, 7) is 5.82. The summed E-state index contributed by atoms with van der Waals surface area (Å²) in [5.41, 5.74) is 4.14. The molecule has 1 aliphatic rings. The van der Waals surface area contributed by atoms with Gasteiger partial charge in [-0.2, -0.15) is 0 Å². The number of amides is 2. The highest BCUT2D eigenvalue weighted by Crippen LogP contribution is 2.37. The van der Waals surface area contributed by atoms with E-state index in [9.17, 15) is 9.59 Å². The number of hydrogen-bond acceptors (Lipinski definition) is 6. The van der Waals surface area contributed by atoms with Crippen LogP contribution in [0.3, 0.4) is 0 Å². The number of ether oxygens (including phenoxy) is 1. The highest BCUT2D eigenvalue weighted by Gasteiger charge is 2.27. The van der Waals surface area contributed by atoms with Gasteiger partial charge in [0, 0.05) is 55.8 Å². The SMILES string of the molecule is CN=Cc1c(NC(=O)CC(C)c2cccc(OC)c2)sc2c1CCN(C(=O)CCn1cnc(C)c1)C2. The second kappa shape index (κ2) is 11.5. The highest BCUT2D eigenvalue weighted by atomic mass is 32.1. The first-order valence-corrected chi connectivity index (χ1v) is 13.0. The molecule has 190 valence electrons. The number of nitrogens with zero attached hydrogens (tertiary/aromatic N) is 4. The maximum Gasteiger partial charge on any atom is 0.225 e. The maximum absolute atomic E-state index is 13.0. The third-order valence-corrected chi connectivity index (χ3v) is 7.61. The Bertz CT molecular complexity index is 1260. The van der Waals surface area contributed by atoms with E-state index in [-0.39, 0.29) is 17.7 Å². The minimum Gasteiger partial charge on any atom is -0.497 e. The number of thiophene rings is 1. The summed E-state index contributed by atoms with van der Waals surface area (Å²) < 4.78 is 7.26. The number of aryl methyl sites for hydroxylation is 2. The number of imidazole rings is 1. The molecule has 1 unspecified atom stereocenters. The Balaban J connectivity index is 1.42. The number of methoxy groups -OCH3 is 1. The van der Waals surface area contributed by atoms with Gasteiger partial charge in [-0.05, 0) is 42.5 Å². The minimum atomic E-state index is -0.0433. The van der Waals surface area contributed by atoms with Gasteiger partial charge in [-0.3, -0.25) is 14.6 Å². The normalized spacial score (nSPS) is 14.1. The molecule has 0 aliphatic carbocycles. The molecule has 9 heteroatoms. The van der Waals surface area contributed by atoms with Gasteiger partial charge in [0.1, 0.15) is 10.8 Å². The monoisotopic (exact) mass is 507 g/mol. The standard InChI is InChI=1S/C27H33N5O3S/c1-18(20-6-5-7-21(13-20)35-4)12-25(33)30-27-23(14-28-3)22-8-11-32(16-24(22)36-27)26(34)9-10-31-15-19(2)29-17-31/h5-7,13-15,17-18H,8-12,16H2,1-4H3,(H,30,33). The van der Waals surface area contributed by atoms with E-state index < -0.39 is 0 Å². The summed E-state index contributed by atoms with van der Waals surface area (Å²) in [5.74, 6) is 0.916. The van der Waals surface area contributed by atoms with Crippen LogP contribution in [0.2, 0.25) is 0 Å². The summed E-state index contributed by atoms with van der Waals surface area (Å²) in [7, 11) is 3.37. The van der Waals surface area contributed by atoms with Crippen LogP contribution in [0, 0.1) is 6.92 Å². The number of anilines is 1. The lowest BCUT2D eigenvalue weighted by molar-refractivity contribution is -0.132. The predicted molar refractivity (Wildman–Crippen MR) is 143 cm³/mol. The Labute approximate surface area is 216 Å². The van der Waals surface area contributed by atoms with Crippen LogP contribution in [0.4, 0.5) is 5.00 Å². The first-order valence-electron chi connectivity index (χ1n) is 12.1. The smallest absolute Gasteiger partial charge is 0.225 e. The fraction of sp³-hybridized carbons (Fsp3) is 0.407. The number of carbonyl (C=O) groups excluding carboxylic acids is 2. The molecule has 0 radical (unpaired) electrons. The third kappa shape index (κ3) is 6.02. The number of benzene rings is 1. The molecule has 0 bridgehead atoms. The fourth-order valence-corrected chi connectivity index (χ4v) is 5.75. The number of nitrogens with one attached hydrogen (secondary N) is 1. The van der Waals surface area contributed by atoms with E-state index in [1.54, 1.807) is 31.8 Å². The number of hydrogen-bond donors (Lipinski definition) is 1. The second-order valence-electron chi connectivity index (χ2n) is 9.13. The molecule has 1 aromatic carbocycles. The van der Waals surface area contributed by atoms with Crippen LogP contribution in [0.5, 0.6) is 5.75 Å². The lowest BCUT2D eigenvalue weighted by Gasteiger charge is -2.27. The zero-order valence-electron chi connectivity index (χ0n) is 21.3. The van der Waals surface area contributed by atoms with Crippen LogP contribution in [-0.4, -0.2) is 53.2 Å². The van der Waals surface area contributed by atoms with Gasteiger partial charge in [0.25, 0.3) is 0 Å². The number of carbonyl (C=O) groups is 2. The van der Waals surface area contributed by atoms with Crippen molar-refractivity contribution >= 4 is 34.4 Å². The van der Waals surface area contributed by atoms with E-state index >= 15 is 0 Å². The number of fused-ring (bicyclic) bond motifs is 1. The number of aromatic nitrogens is 2. The van der Waals surface area contributed by atoms with Crippen LogP contribution in [0.15, 0.2) is 41.8 Å². The summed E-state index contributed by atoms with van der Waals surface area (Å²) in [6.07, 6.45) is 7.06. The van der Waals surface area contributed by atoms with Gasteiger partial charge in [-0.25, -0.2) is 4.98 Å². The fourth-order valence-electron chi connectivity index (χ4n) is 4.50. The van der Waals surface area contributed by atoms with Crippen molar-refractivity contribution in [2.24, 2.45) is 4.99 Å². The van der Waals surface area contributed by atoms with E-state index in [1.807, 2.05) is 60.0 Å². The van der Waals surface area contributed by atoms with E-state index in [0.29, 0.717) is 32.5 Å². The second-order valence-corrected chi connectivity index (χ2v) is 10.2. The van der Waals surface area contributed by atoms with Crippen molar-refractivity contribution < 1.29 is 14.3 Å². The van der Waals surface area contributed by atoms with Gasteiger partial charge in [0.2, 0.25) is 11.8 Å². The molecule has 8 nitrogen and oxygen atoms in total. The summed E-state index contributed by atoms with van der Waals surface area (Å²) >= 11 is 1.55. The third-order valence-electron chi connectivity index (χ3n) is 6.46. The molecule has 0 spiro atoms. The van der Waals surface area contributed by atoms with E-state index in [4.69, 9.17) is 4.74 Å². The average Bonchev–Trinajstić information content (AvgIpc) is 3.44. The Kier molecular flexibility index (Phi) is 8.20. The van der Waals surface area contributed by atoms with Crippen LogP contribution in [-0.2, 0) is 29.1 Å². The van der Waals surface area contributed by atoms with Crippen molar-refractivity contribution in [1.82, 2.24) is 14.5 Å². The maximum atomic E-state index is 13.0. The van der Waals surface area contributed by atoms with Gasteiger partial charge >= 0.3 is 0 Å². The van der Waals surface area contributed by atoms with Crippen molar-refractivity contribution in [2.75, 3.05) is 26.0 Å². The van der Waals surface area contributed by atoms with Crippen LogP contribution in [0.1, 0.15) is 52.9 Å². The highest BCUT2D eigenvalue weighted by molar-refractivity contribution is 7.16. The molecule has 0 saturated carbocycles. The zero-order chi connectivity index (χ0) is 25.7. The molecule has 0 saturated heterocycles. The van der Waals surface area contributed by atoms with Crippen LogP contribution >= 0.6 is 11.3 Å². The lowest BCUT2D eigenvalue weighted by atomic mass is 9.97.